The lowest BCUT2D eigenvalue weighted by Gasteiger charge is -2.38. The monoisotopic (exact) mass is 373 g/mol. The van der Waals surface area contributed by atoms with E-state index in [1.165, 1.54) is 0 Å². The highest BCUT2D eigenvalue weighted by Crippen LogP contribution is 2.35. The van der Waals surface area contributed by atoms with Gasteiger partial charge in [0.05, 0.1) is 19.1 Å². The van der Waals surface area contributed by atoms with Crippen molar-refractivity contribution >= 4 is 12.0 Å². The van der Waals surface area contributed by atoms with Gasteiger partial charge >= 0.3 is 6.09 Å². The van der Waals surface area contributed by atoms with Crippen molar-refractivity contribution in [3.05, 3.63) is 30.3 Å². The van der Waals surface area contributed by atoms with E-state index in [9.17, 15) is 9.59 Å². The molecular weight excluding hydrogens is 346 g/mol. The third-order valence-electron chi connectivity index (χ3n) is 5.82. The van der Waals surface area contributed by atoms with Gasteiger partial charge in [-0.25, -0.2) is 4.79 Å². The summed E-state index contributed by atoms with van der Waals surface area (Å²) in [5.74, 6) is 1.20. The van der Waals surface area contributed by atoms with Crippen molar-refractivity contribution in [1.29, 1.82) is 0 Å². The van der Waals surface area contributed by atoms with E-state index in [0.29, 0.717) is 51.5 Å². The summed E-state index contributed by atoms with van der Waals surface area (Å²) < 4.78 is 11.4. The summed E-state index contributed by atoms with van der Waals surface area (Å²) in [7, 11) is 0. The fourth-order valence-electron chi connectivity index (χ4n) is 3.92. The first-order chi connectivity index (χ1) is 13.1. The number of rotatable bonds is 6. The molecule has 1 aromatic carbocycles. The maximum Gasteiger partial charge on any atom is 0.410 e. The van der Waals surface area contributed by atoms with Crippen LogP contribution in [0.5, 0.6) is 5.75 Å². The third-order valence-corrected chi connectivity index (χ3v) is 5.82. The second-order valence-electron chi connectivity index (χ2n) is 7.82. The van der Waals surface area contributed by atoms with E-state index in [-0.39, 0.29) is 18.0 Å². The Balaban J connectivity index is 1.25. The minimum atomic E-state index is -0.482. The smallest absolute Gasteiger partial charge is 0.410 e. The van der Waals surface area contributed by atoms with Crippen LogP contribution in [0, 0.1) is 5.92 Å². The predicted octanol–water partition coefficient (Wildman–Crippen LogP) is 1.62. The normalized spacial score (nSPS) is 22.6. The number of piperidine rings is 1. The molecule has 1 saturated carbocycles. The van der Waals surface area contributed by atoms with Gasteiger partial charge in [-0.1, -0.05) is 18.2 Å². The molecule has 27 heavy (non-hydrogen) atoms. The second-order valence-corrected chi connectivity index (χ2v) is 7.82. The standard InChI is InChI=1S/C20H27N3O4/c21-17(15-6-7-15)18(24)22-10-8-20(9-11-22)14-23(19(25)27-20)12-13-26-16-4-2-1-3-5-16/h1-5,15,17H,6-14,21H2/t17-/m0/s1. The van der Waals surface area contributed by atoms with E-state index in [1.54, 1.807) is 4.90 Å². The topological polar surface area (TPSA) is 85.1 Å². The van der Waals surface area contributed by atoms with Gasteiger partial charge in [0.25, 0.3) is 0 Å². The first-order valence-electron chi connectivity index (χ1n) is 9.76. The Morgan fingerprint density at radius 2 is 1.96 bits per heavy atom. The number of nitrogens with zero attached hydrogens (tertiary/aromatic N) is 2. The summed E-state index contributed by atoms with van der Waals surface area (Å²) in [5, 5.41) is 0. The summed E-state index contributed by atoms with van der Waals surface area (Å²) in [6.07, 6.45) is 3.15. The minimum absolute atomic E-state index is 0.0461. The molecule has 3 fully saturated rings. The lowest BCUT2D eigenvalue weighted by molar-refractivity contribution is -0.136. The SMILES string of the molecule is N[C@H](C(=O)N1CCC2(CC1)CN(CCOc1ccccc1)C(=O)O2)C1CC1. The van der Waals surface area contributed by atoms with Crippen LogP contribution in [0.25, 0.3) is 0 Å². The summed E-state index contributed by atoms with van der Waals surface area (Å²) in [6, 6.07) is 9.18. The molecule has 0 radical (unpaired) electrons. The highest BCUT2D eigenvalue weighted by Gasteiger charge is 2.48. The van der Waals surface area contributed by atoms with Crippen molar-refractivity contribution in [1.82, 2.24) is 9.80 Å². The van der Waals surface area contributed by atoms with Crippen molar-refractivity contribution in [3.63, 3.8) is 0 Å². The lowest BCUT2D eigenvalue weighted by Crippen LogP contribution is -2.53. The number of nitrogens with two attached hydrogens (primary N) is 1. The molecule has 2 saturated heterocycles. The van der Waals surface area contributed by atoms with Gasteiger partial charge in [-0.3, -0.25) is 4.79 Å². The zero-order valence-corrected chi connectivity index (χ0v) is 15.5. The number of carbonyl (C=O) groups excluding carboxylic acids is 2. The van der Waals surface area contributed by atoms with Crippen LogP contribution in [-0.4, -0.2) is 66.2 Å². The molecule has 2 amide bonds. The molecule has 2 aliphatic heterocycles. The second kappa shape index (κ2) is 7.38. The minimum Gasteiger partial charge on any atom is -0.492 e. The molecule has 1 spiro atoms. The summed E-state index contributed by atoms with van der Waals surface area (Å²) in [4.78, 5) is 28.3. The van der Waals surface area contributed by atoms with Crippen LogP contribution in [0.2, 0.25) is 0 Å². The molecule has 1 aromatic rings. The number of carbonyl (C=O) groups is 2. The number of amides is 2. The van der Waals surface area contributed by atoms with Crippen LogP contribution < -0.4 is 10.5 Å². The number of ether oxygens (including phenoxy) is 2. The molecule has 7 nitrogen and oxygen atoms in total. The molecule has 1 aliphatic carbocycles. The van der Waals surface area contributed by atoms with Crippen LogP contribution in [-0.2, 0) is 9.53 Å². The number of likely N-dealkylation sites (tertiary alicyclic amines) is 1. The first-order valence-corrected chi connectivity index (χ1v) is 9.76. The highest BCUT2D eigenvalue weighted by atomic mass is 16.6. The molecule has 3 aliphatic rings. The van der Waals surface area contributed by atoms with Gasteiger partial charge in [0.1, 0.15) is 18.0 Å². The molecule has 2 N–H and O–H groups in total. The van der Waals surface area contributed by atoms with Crippen molar-refractivity contribution in [2.45, 2.75) is 37.3 Å². The number of hydrogen-bond donors (Lipinski definition) is 1. The molecule has 0 aromatic heterocycles. The van der Waals surface area contributed by atoms with Crippen molar-refractivity contribution in [2.24, 2.45) is 11.7 Å². The zero-order chi connectivity index (χ0) is 18.9. The van der Waals surface area contributed by atoms with Gasteiger partial charge < -0.3 is 25.0 Å². The van der Waals surface area contributed by atoms with E-state index >= 15 is 0 Å². The number of benzene rings is 1. The van der Waals surface area contributed by atoms with E-state index in [0.717, 1.165) is 18.6 Å². The van der Waals surface area contributed by atoms with Gasteiger partial charge in [-0.15, -0.1) is 0 Å². The quantitative estimate of drug-likeness (QED) is 0.819. The number of para-hydroxylation sites is 1. The van der Waals surface area contributed by atoms with Crippen LogP contribution in [0.4, 0.5) is 4.79 Å². The van der Waals surface area contributed by atoms with Gasteiger partial charge in [-0.05, 0) is 30.9 Å². The molecular formula is C20H27N3O4. The fraction of sp³-hybridized carbons (Fsp3) is 0.600. The van der Waals surface area contributed by atoms with Gasteiger partial charge in [0, 0.05) is 25.9 Å². The Morgan fingerprint density at radius 3 is 2.63 bits per heavy atom. The number of hydrogen-bond acceptors (Lipinski definition) is 5. The summed E-state index contributed by atoms with van der Waals surface area (Å²) in [6.45, 7) is 2.67. The summed E-state index contributed by atoms with van der Waals surface area (Å²) in [5.41, 5.74) is 5.56. The van der Waals surface area contributed by atoms with Crippen molar-refractivity contribution < 1.29 is 19.1 Å². The third kappa shape index (κ3) is 4.03. The molecule has 146 valence electrons. The van der Waals surface area contributed by atoms with E-state index in [4.69, 9.17) is 15.2 Å². The zero-order valence-electron chi connectivity index (χ0n) is 15.5. The van der Waals surface area contributed by atoms with Crippen LogP contribution >= 0.6 is 0 Å². The van der Waals surface area contributed by atoms with E-state index in [1.807, 2.05) is 35.2 Å². The molecule has 1 atom stereocenters. The van der Waals surface area contributed by atoms with Crippen molar-refractivity contribution in [2.75, 3.05) is 32.8 Å². The van der Waals surface area contributed by atoms with Crippen LogP contribution in [0.1, 0.15) is 25.7 Å². The maximum atomic E-state index is 12.5. The van der Waals surface area contributed by atoms with Gasteiger partial charge in [0.15, 0.2) is 0 Å². The largest absolute Gasteiger partial charge is 0.492 e. The van der Waals surface area contributed by atoms with Gasteiger partial charge in [-0.2, -0.15) is 0 Å². The summed E-state index contributed by atoms with van der Waals surface area (Å²) >= 11 is 0. The average Bonchev–Trinajstić information content (AvgIpc) is 3.48. The van der Waals surface area contributed by atoms with Gasteiger partial charge in [0.2, 0.25) is 5.91 Å². The molecule has 7 heteroatoms. The first kappa shape index (κ1) is 18.1. The van der Waals surface area contributed by atoms with Crippen LogP contribution in [0.3, 0.4) is 0 Å². The predicted molar refractivity (Wildman–Crippen MR) is 99.2 cm³/mol. The Kier molecular flexibility index (Phi) is 4.95. The average molecular weight is 373 g/mol. The van der Waals surface area contributed by atoms with E-state index < -0.39 is 5.60 Å². The van der Waals surface area contributed by atoms with Crippen molar-refractivity contribution in [3.8, 4) is 5.75 Å². The Morgan fingerprint density at radius 1 is 1.26 bits per heavy atom. The maximum absolute atomic E-state index is 12.5. The molecule has 4 rings (SSSR count). The fourth-order valence-corrected chi connectivity index (χ4v) is 3.92. The molecule has 2 heterocycles. The highest BCUT2D eigenvalue weighted by molar-refractivity contribution is 5.82. The van der Waals surface area contributed by atoms with Crippen LogP contribution in [0.15, 0.2) is 30.3 Å². The Bertz CT molecular complexity index is 684. The van der Waals surface area contributed by atoms with E-state index in [2.05, 4.69) is 0 Å². The lowest BCUT2D eigenvalue weighted by atomic mass is 9.91. The molecule has 0 unspecified atom stereocenters. The molecule has 0 bridgehead atoms. The Labute approximate surface area is 159 Å². The Hall–Kier alpha value is -2.28.